The van der Waals surface area contributed by atoms with Gasteiger partial charge in [0.2, 0.25) is 0 Å². The van der Waals surface area contributed by atoms with Gasteiger partial charge in [-0.15, -0.1) is 0 Å². The Bertz CT molecular complexity index is 1610. The van der Waals surface area contributed by atoms with Crippen LogP contribution in [0.2, 0.25) is 0 Å². The third-order valence-electron chi connectivity index (χ3n) is 7.27. The van der Waals surface area contributed by atoms with Gasteiger partial charge in [-0.05, 0) is 62.5 Å². The van der Waals surface area contributed by atoms with Gasteiger partial charge in [-0.2, -0.15) is 0 Å². The quantitative estimate of drug-likeness (QED) is 0.194. The molecule has 1 aliphatic rings. The van der Waals surface area contributed by atoms with E-state index >= 15 is 4.39 Å². The fourth-order valence-corrected chi connectivity index (χ4v) is 4.87. The van der Waals surface area contributed by atoms with Crippen LogP contribution in [0.3, 0.4) is 0 Å². The standard InChI is InChI=1S/C32H32BFN4O5/c1-41-29-17-23-26(18-30(29)42-19-20-8-12-35-13-9-20)36-15-11-27(23)43-28-7-6-22(16-25(28)34)38-32(40)31(39)37-14-10-21-4-2-3-5-24(21)33/h2-7,11,15-18,20,35H,8-10,12-14,19H2,1H3,(H,37,39)(H,38,40). The van der Waals surface area contributed by atoms with E-state index in [2.05, 4.69) is 20.9 Å². The van der Waals surface area contributed by atoms with E-state index in [9.17, 15) is 9.59 Å². The monoisotopic (exact) mass is 582 g/mol. The highest BCUT2D eigenvalue weighted by atomic mass is 19.1. The molecule has 0 atom stereocenters. The number of carbonyl (C=O) groups excluding carboxylic acids is 2. The van der Waals surface area contributed by atoms with Crippen LogP contribution in [-0.4, -0.2) is 58.0 Å². The number of hydrogen-bond donors (Lipinski definition) is 3. The molecular weight excluding hydrogens is 550 g/mol. The largest absolute Gasteiger partial charge is 0.493 e. The van der Waals surface area contributed by atoms with Gasteiger partial charge in [0.1, 0.15) is 13.6 Å². The van der Waals surface area contributed by atoms with Crippen LogP contribution in [-0.2, 0) is 16.0 Å². The normalized spacial score (nSPS) is 13.3. The number of anilines is 1. The number of fused-ring (bicyclic) bond motifs is 1. The van der Waals surface area contributed by atoms with Crippen LogP contribution in [0, 0.1) is 11.7 Å². The number of rotatable bonds is 10. The third kappa shape index (κ3) is 7.61. The maximum Gasteiger partial charge on any atom is 0.313 e. The molecule has 0 spiro atoms. The lowest BCUT2D eigenvalue weighted by molar-refractivity contribution is -0.136. The number of ether oxygens (including phenoxy) is 3. The van der Waals surface area contributed by atoms with E-state index in [0.717, 1.165) is 37.6 Å². The summed E-state index contributed by atoms with van der Waals surface area (Å²) >= 11 is 0. The van der Waals surface area contributed by atoms with Crippen LogP contribution in [0.15, 0.2) is 66.9 Å². The summed E-state index contributed by atoms with van der Waals surface area (Å²) in [6, 6.07) is 16.4. The molecule has 2 radical (unpaired) electrons. The summed E-state index contributed by atoms with van der Waals surface area (Å²) < 4.78 is 32.6. The number of piperidine rings is 1. The van der Waals surface area contributed by atoms with Crippen molar-refractivity contribution in [2.75, 3.05) is 38.7 Å². The second kappa shape index (κ2) is 14.0. The zero-order valence-corrected chi connectivity index (χ0v) is 23.8. The summed E-state index contributed by atoms with van der Waals surface area (Å²) in [7, 11) is 7.46. The number of amides is 2. The Morgan fingerprint density at radius 2 is 1.81 bits per heavy atom. The Morgan fingerprint density at radius 1 is 1.00 bits per heavy atom. The average molecular weight is 582 g/mol. The molecule has 1 aliphatic heterocycles. The number of halogens is 1. The first-order chi connectivity index (χ1) is 20.9. The lowest BCUT2D eigenvalue weighted by Gasteiger charge is -2.23. The molecule has 0 saturated carbocycles. The van der Waals surface area contributed by atoms with E-state index in [1.807, 2.05) is 18.2 Å². The molecule has 1 aromatic heterocycles. The topological polar surface area (TPSA) is 111 Å². The highest BCUT2D eigenvalue weighted by Crippen LogP contribution is 2.38. The highest BCUT2D eigenvalue weighted by molar-refractivity contribution is 6.39. The molecule has 0 aliphatic carbocycles. The minimum Gasteiger partial charge on any atom is -0.493 e. The van der Waals surface area contributed by atoms with Crippen LogP contribution < -0.4 is 35.6 Å². The van der Waals surface area contributed by atoms with E-state index in [0.29, 0.717) is 52.6 Å². The van der Waals surface area contributed by atoms with Crippen LogP contribution in [0.5, 0.6) is 23.0 Å². The summed E-state index contributed by atoms with van der Waals surface area (Å²) in [6.07, 6.45) is 4.14. The maximum atomic E-state index is 15.0. The third-order valence-corrected chi connectivity index (χ3v) is 7.27. The average Bonchev–Trinajstić information content (AvgIpc) is 3.02. The molecule has 3 aromatic carbocycles. The van der Waals surface area contributed by atoms with Crippen molar-refractivity contribution in [3.8, 4) is 23.0 Å². The molecule has 1 saturated heterocycles. The minimum atomic E-state index is -0.917. The van der Waals surface area contributed by atoms with Gasteiger partial charge in [0, 0.05) is 35.9 Å². The molecule has 43 heavy (non-hydrogen) atoms. The Morgan fingerprint density at radius 3 is 2.58 bits per heavy atom. The van der Waals surface area contributed by atoms with Gasteiger partial charge < -0.3 is 30.2 Å². The van der Waals surface area contributed by atoms with Gasteiger partial charge in [0.15, 0.2) is 23.1 Å². The summed E-state index contributed by atoms with van der Waals surface area (Å²) in [6.45, 7) is 2.77. The molecule has 11 heteroatoms. The van der Waals surface area contributed by atoms with Crippen LogP contribution in [0.25, 0.3) is 10.9 Å². The summed E-state index contributed by atoms with van der Waals surface area (Å²) in [5.41, 5.74) is 2.18. The first kappa shape index (κ1) is 29.8. The molecule has 3 N–H and O–H groups in total. The number of benzene rings is 3. The van der Waals surface area contributed by atoms with Crippen molar-refractivity contribution in [2.45, 2.75) is 19.3 Å². The molecule has 0 unspecified atom stereocenters. The second-order valence-corrected chi connectivity index (χ2v) is 10.2. The Labute approximate surface area is 250 Å². The predicted octanol–water partition coefficient (Wildman–Crippen LogP) is 3.64. The minimum absolute atomic E-state index is 0.0689. The van der Waals surface area contributed by atoms with Crippen LogP contribution in [0.4, 0.5) is 10.1 Å². The van der Waals surface area contributed by atoms with Crippen LogP contribution in [0.1, 0.15) is 18.4 Å². The zero-order valence-electron chi connectivity index (χ0n) is 23.8. The molecule has 1 fully saturated rings. The molecule has 0 bridgehead atoms. The number of aromatic nitrogens is 1. The van der Waals surface area contributed by atoms with Crippen molar-refractivity contribution >= 4 is 41.7 Å². The molecule has 2 amide bonds. The lowest BCUT2D eigenvalue weighted by Crippen LogP contribution is -2.36. The first-order valence-electron chi connectivity index (χ1n) is 14.1. The Balaban J connectivity index is 1.22. The lowest BCUT2D eigenvalue weighted by atomic mass is 9.89. The summed E-state index contributed by atoms with van der Waals surface area (Å²) in [5.74, 6) is -0.625. The van der Waals surface area contributed by atoms with Crippen molar-refractivity contribution in [1.29, 1.82) is 0 Å². The van der Waals surface area contributed by atoms with Crippen molar-refractivity contribution in [1.82, 2.24) is 15.6 Å². The highest BCUT2D eigenvalue weighted by Gasteiger charge is 2.18. The molecule has 9 nitrogen and oxygen atoms in total. The van der Waals surface area contributed by atoms with E-state index in [1.54, 1.807) is 37.6 Å². The first-order valence-corrected chi connectivity index (χ1v) is 14.1. The summed E-state index contributed by atoms with van der Waals surface area (Å²) in [4.78, 5) is 29.0. The molecule has 220 valence electrons. The number of methoxy groups -OCH3 is 1. The predicted molar refractivity (Wildman–Crippen MR) is 163 cm³/mol. The van der Waals surface area contributed by atoms with Gasteiger partial charge in [-0.3, -0.25) is 14.6 Å². The molecule has 2 heterocycles. The Hall–Kier alpha value is -4.64. The smallest absolute Gasteiger partial charge is 0.313 e. The number of nitrogens with one attached hydrogen (secondary N) is 3. The number of pyridine rings is 1. The van der Waals surface area contributed by atoms with Gasteiger partial charge in [0.25, 0.3) is 0 Å². The summed E-state index contributed by atoms with van der Waals surface area (Å²) in [5, 5.41) is 8.90. The van der Waals surface area contributed by atoms with Crippen molar-refractivity contribution in [2.24, 2.45) is 5.92 Å². The number of nitrogens with zero attached hydrogens (tertiary/aromatic N) is 1. The van der Waals surface area contributed by atoms with E-state index < -0.39 is 17.6 Å². The number of carbonyl (C=O) groups is 2. The van der Waals surface area contributed by atoms with Crippen LogP contribution >= 0.6 is 0 Å². The van der Waals surface area contributed by atoms with E-state index in [1.165, 1.54) is 12.1 Å². The van der Waals surface area contributed by atoms with Gasteiger partial charge in [0.05, 0.1) is 19.2 Å². The van der Waals surface area contributed by atoms with Crippen molar-refractivity contribution in [3.05, 3.63) is 78.2 Å². The van der Waals surface area contributed by atoms with E-state index in [-0.39, 0.29) is 18.0 Å². The fourth-order valence-electron chi connectivity index (χ4n) is 4.87. The Kier molecular flexibility index (Phi) is 9.73. The van der Waals surface area contributed by atoms with Crippen molar-refractivity contribution in [3.63, 3.8) is 0 Å². The molecule has 4 aromatic rings. The molecular formula is C32H32BFN4O5. The van der Waals surface area contributed by atoms with Crippen molar-refractivity contribution < 1.29 is 28.2 Å². The fraction of sp³-hybridized carbons (Fsp3) is 0.281. The van der Waals surface area contributed by atoms with Gasteiger partial charge in [-0.25, -0.2) is 4.39 Å². The second-order valence-electron chi connectivity index (χ2n) is 10.2. The van der Waals surface area contributed by atoms with E-state index in [4.69, 9.17) is 22.1 Å². The maximum absolute atomic E-state index is 15.0. The van der Waals surface area contributed by atoms with Gasteiger partial charge >= 0.3 is 11.8 Å². The number of hydrogen-bond acceptors (Lipinski definition) is 7. The SMILES string of the molecule is [B]c1ccccc1CCNC(=O)C(=O)Nc1ccc(Oc2ccnc3cc(OCC4CCNCC4)c(OC)cc23)c(F)c1. The molecule has 5 rings (SSSR count). The zero-order chi connectivity index (χ0) is 30.2. The van der Waals surface area contributed by atoms with Gasteiger partial charge in [-0.1, -0.05) is 35.3 Å².